The summed E-state index contributed by atoms with van der Waals surface area (Å²) in [4.78, 5) is 11.2. The van der Waals surface area contributed by atoms with Gasteiger partial charge in [0.05, 0.1) is 22.1 Å². The summed E-state index contributed by atoms with van der Waals surface area (Å²) >= 11 is 5.63. The molecular formula is C12H15ClFNO5S. The second kappa shape index (κ2) is 7.69. The Kier molecular flexibility index (Phi) is 6.53. The fourth-order valence-electron chi connectivity index (χ4n) is 1.39. The van der Waals surface area contributed by atoms with Crippen LogP contribution in [0.2, 0.25) is 5.02 Å². The average Bonchev–Trinajstić information content (AvgIpc) is 2.40. The van der Waals surface area contributed by atoms with E-state index < -0.39 is 37.3 Å². The van der Waals surface area contributed by atoms with Crippen LogP contribution in [-0.2, 0) is 19.5 Å². The van der Waals surface area contributed by atoms with Crippen molar-refractivity contribution in [1.29, 1.82) is 0 Å². The van der Waals surface area contributed by atoms with Gasteiger partial charge in [-0.15, -0.1) is 0 Å². The van der Waals surface area contributed by atoms with Crippen molar-refractivity contribution in [3.05, 3.63) is 28.5 Å². The minimum atomic E-state index is -4.16. The van der Waals surface area contributed by atoms with Crippen LogP contribution in [0.25, 0.3) is 0 Å². The molecule has 0 fully saturated rings. The van der Waals surface area contributed by atoms with Gasteiger partial charge in [-0.2, -0.15) is 0 Å². The van der Waals surface area contributed by atoms with Crippen LogP contribution in [0, 0.1) is 5.82 Å². The Labute approximate surface area is 127 Å². The number of carbonyl (C=O) groups excluding carboxylic acids is 1. The lowest BCUT2D eigenvalue weighted by molar-refractivity contribution is 0.0318. The molecule has 0 atom stereocenters. The van der Waals surface area contributed by atoms with E-state index in [-0.39, 0.29) is 13.2 Å². The number of carbonyl (C=O) groups is 1. The Morgan fingerprint density at radius 2 is 2.00 bits per heavy atom. The number of primary sulfonamides is 1. The highest BCUT2D eigenvalue weighted by Gasteiger charge is 2.20. The van der Waals surface area contributed by atoms with Crippen LogP contribution in [0.3, 0.4) is 0 Å². The van der Waals surface area contributed by atoms with Crippen LogP contribution in [0.15, 0.2) is 17.0 Å². The Balaban J connectivity index is 2.86. The summed E-state index contributed by atoms with van der Waals surface area (Å²) in [5.41, 5.74) is -0.406. The molecule has 1 aromatic carbocycles. The minimum Gasteiger partial charge on any atom is -0.460 e. The molecule has 1 rings (SSSR count). The fraction of sp³-hybridized carbons (Fsp3) is 0.417. The van der Waals surface area contributed by atoms with Crippen molar-refractivity contribution in [3.8, 4) is 0 Å². The number of ether oxygens (including phenoxy) is 2. The smallest absolute Gasteiger partial charge is 0.339 e. The molecule has 0 unspecified atom stereocenters. The first-order chi connectivity index (χ1) is 9.77. The maximum Gasteiger partial charge on any atom is 0.339 e. The van der Waals surface area contributed by atoms with Crippen molar-refractivity contribution in [2.24, 2.45) is 5.14 Å². The maximum atomic E-state index is 13.5. The summed E-state index contributed by atoms with van der Waals surface area (Å²) in [5, 5.41) is 4.36. The minimum absolute atomic E-state index is 0.0591. The van der Waals surface area contributed by atoms with E-state index >= 15 is 0 Å². The van der Waals surface area contributed by atoms with Gasteiger partial charge in [0, 0.05) is 6.61 Å². The van der Waals surface area contributed by atoms with Gasteiger partial charge in [-0.25, -0.2) is 22.7 Å². The van der Waals surface area contributed by atoms with E-state index in [2.05, 4.69) is 0 Å². The molecule has 0 heterocycles. The predicted octanol–water partition coefficient (Wildman–Crippen LogP) is 1.71. The van der Waals surface area contributed by atoms with Crippen molar-refractivity contribution in [1.82, 2.24) is 0 Å². The monoisotopic (exact) mass is 339 g/mol. The molecule has 9 heteroatoms. The summed E-state index contributed by atoms with van der Waals surface area (Å²) in [6.45, 7) is 2.56. The third kappa shape index (κ3) is 5.24. The SMILES string of the molecule is CCCOCCOC(=O)c1cc(S(N)(=O)=O)cc(F)c1Cl. The summed E-state index contributed by atoms with van der Waals surface area (Å²) in [5.74, 6) is -2.03. The molecule has 0 radical (unpaired) electrons. The summed E-state index contributed by atoms with van der Waals surface area (Å²) in [7, 11) is -4.16. The molecule has 118 valence electrons. The third-order valence-corrected chi connectivity index (χ3v) is 3.64. The largest absolute Gasteiger partial charge is 0.460 e. The Morgan fingerprint density at radius 3 is 2.57 bits per heavy atom. The molecule has 6 nitrogen and oxygen atoms in total. The van der Waals surface area contributed by atoms with Gasteiger partial charge >= 0.3 is 5.97 Å². The number of halogens is 2. The van der Waals surface area contributed by atoms with Crippen LogP contribution in [-0.4, -0.2) is 34.2 Å². The molecule has 0 aliphatic carbocycles. The van der Waals surface area contributed by atoms with Crippen LogP contribution in [0.5, 0.6) is 0 Å². The average molecular weight is 340 g/mol. The van der Waals surface area contributed by atoms with Gasteiger partial charge in [-0.05, 0) is 18.6 Å². The molecule has 0 aromatic heterocycles. The first kappa shape index (κ1) is 17.8. The number of rotatable bonds is 7. The number of esters is 1. The lowest BCUT2D eigenvalue weighted by Crippen LogP contribution is -2.16. The zero-order chi connectivity index (χ0) is 16.0. The van der Waals surface area contributed by atoms with Crippen LogP contribution < -0.4 is 5.14 Å². The third-order valence-electron chi connectivity index (χ3n) is 2.36. The lowest BCUT2D eigenvalue weighted by Gasteiger charge is -2.09. The van der Waals surface area contributed by atoms with Crippen molar-refractivity contribution in [2.75, 3.05) is 19.8 Å². The highest BCUT2D eigenvalue weighted by atomic mass is 35.5. The molecule has 21 heavy (non-hydrogen) atoms. The first-order valence-electron chi connectivity index (χ1n) is 6.04. The number of sulfonamides is 1. The van der Waals surface area contributed by atoms with Gasteiger partial charge in [0.25, 0.3) is 0 Å². The number of hydrogen-bond acceptors (Lipinski definition) is 5. The van der Waals surface area contributed by atoms with Crippen molar-refractivity contribution in [3.63, 3.8) is 0 Å². The number of nitrogens with two attached hydrogens (primary N) is 1. The van der Waals surface area contributed by atoms with Gasteiger partial charge in [-0.1, -0.05) is 18.5 Å². The highest BCUT2D eigenvalue weighted by Crippen LogP contribution is 2.24. The van der Waals surface area contributed by atoms with E-state index in [9.17, 15) is 17.6 Å². The van der Waals surface area contributed by atoms with Gasteiger partial charge in [-0.3, -0.25) is 0 Å². The molecule has 1 aromatic rings. The fourth-order valence-corrected chi connectivity index (χ4v) is 2.13. The second-order valence-corrected chi connectivity index (χ2v) is 6.00. The zero-order valence-electron chi connectivity index (χ0n) is 11.3. The molecule has 0 aliphatic heterocycles. The van der Waals surface area contributed by atoms with E-state index in [1.54, 1.807) is 0 Å². The first-order valence-corrected chi connectivity index (χ1v) is 7.96. The van der Waals surface area contributed by atoms with E-state index in [1.807, 2.05) is 6.92 Å². The summed E-state index contributed by atoms with van der Waals surface area (Å²) in [6.07, 6.45) is 0.821. The van der Waals surface area contributed by atoms with Crippen LogP contribution in [0.1, 0.15) is 23.7 Å². The Morgan fingerprint density at radius 1 is 1.33 bits per heavy atom. The normalized spacial score (nSPS) is 11.4. The molecule has 0 spiro atoms. The second-order valence-electron chi connectivity index (χ2n) is 4.06. The maximum absolute atomic E-state index is 13.5. The molecule has 0 saturated heterocycles. The molecule has 0 saturated carbocycles. The topological polar surface area (TPSA) is 95.7 Å². The molecule has 0 bridgehead atoms. The summed E-state index contributed by atoms with van der Waals surface area (Å²) in [6, 6.07) is 1.51. The van der Waals surface area contributed by atoms with Gasteiger partial charge in [0.15, 0.2) is 0 Å². The predicted molar refractivity (Wildman–Crippen MR) is 74.2 cm³/mol. The van der Waals surface area contributed by atoms with E-state index in [0.29, 0.717) is 12.7 Å². The molecule has 2 N–H and O–H groups in total. The van der Waals surface area contributed by atoms with Crippen molar-refractivity contribution < 1.29 is 27.1 Å². The van der Waals surface area contributed by atoms with Crippen LogP contribution >= 0.6 is 11.6 Å². The highest BCUT2D eigenvalue weighted by molar-refractivity contribution is 7.89. The standard InChI is InChI=1S/C12H15ClFNO5S/c1-2-3-19-4-5-20-12(16)9-6-8(21(15,17)18)7-10(14)11(9)13/h6-7H,2-5H2,1H3,(H2,15,17,18). The van der Waals surface area contributed by atoms with E-state index in [1.165, 1.54) is 0 Å². The van der Waals surface area contributed by atoms with Gasteiger partial charge in [0.1, 0.15) is 12.4 Å². The number of benzene rings is 1. The van der Waals surface area contributed by atoms with Crippen molar-refractivity contribution >= 4 is 27.6 Å². The van der Waals surface area contributed by atoms with Gasteiger partial charge < -0.3 is 9.47 Å². The lowest BCUT2D eigenvalue weighted by atomic mass is 10.2. The quantitative estimate of drug-likeness (QED) is 0.602. The van der Waals surface area contributed by atoms with Gasteiger partial charge in [0.2, 0.25) is 10.0 Å². The number of hydrogen-bond donors (Lipinski definition) is 1. The summed E-state index contributed by atoms with van der Waals surface area (Å²) < 4.78 is 45.9. The zero-order valence-corrected chi connectivity index (χ0v) is 12.8. The molecular weight excluding hydrogens is 325 g/mol. The molecule has 0 aliphatic rings. The molecule has 0 amide bonds. The van der Waals surface area contributed by atoms with E-state index in [4.69, 9.17) is 26.2 Å². The Hall–Kier alpha value is -1.22. The van der Waals surface area contributed by atoms with Crippen LogP contribution in [0.4, 0.5) is 4.39 Å². The van der Waals surface area contributed by atoms with E-state index in [0.717, 1.165) is 12.5 Å². The van der Waals surface area contributed by atoms with Crippen molar-refractivity contribution in [2.45, 2.75) is 18.2 Å². The Bertz CT molecular complexity index is 620.